The Hall–Kier alpha value is -0.630. The van der Waals surface area contributed by atoms with E-state index in [-0.39, 0.29) is 16.9 Å². The lowest BCUT2D eigenvalue weighted by atomic mass is 9.46. The summed E-state index contributed by atoms with van der Waals surface area (Å²) >= 11 is 0. The van der Waals surface area contributed by atoms with Crippen LogP contribution in [0.15, 0.2) is 11.6 Å². The molecule has 0 bridgehead atoms. The van der Waals surface area contributed by atoms with E-state index in [1.165, 1.54) is 24.8 Å². The van der Waals surface area contributed by atoms with E-state index < -0.39 is 0 Å². The van der Waals surface area contributed by atoms with E-state index in [4.69, 9.17) is 0 Å². The number of carbonyl (C=O) groups excluding carboxylic acids is 1. The van der Waals surface area contributed by atoms with Gasteiger partial charge < -0.3 is 5.11 Å². The summed E-state index contributed by atoms with van der Waals surface area (Å²) in [6.07, 6.45) is 9.41. The van der Waals surface area contributed by atoms with Crippen LogP contribution in [0, 0.1) is 34.5 Å². The molecule has 7 atom stereocenters. The lowest BCUT2D eigenvalue weighted by Gasteiger charge is -2.58. The molecule has 2 nitrogen and oxygen atoms in total. The van der Waals surface area contributed by atoms with Crippen molar-refractivity contribution in [1.29, 1.82) is 0 Å². The normalized spacial score (nSPS) is 54.3. The van der Waals surface area contributed by atoms with Crippen molar-refractivity contribution in [2.45, 2.75) is 71.8 Å². The minimum Gasteiger partial charge on any atom is -0.393 e. The fraction of sp³-hybridized carbons (Fsp3) is 0.850. The monoisotopic (exact) mass is 302 g/mol. The molecular weight excluding hydrogens is 272 g/mol. The van der Waals surface area contributed by atoms with Crippen molar-refractivity contribution in [3.8, 4) is 0 Å². The predicted molar refractivity (Wildman–Crippen MR) is 87.3 cm³/mol. The van der Waals surface area contributed by atoms with E-state index in [2.05, 4.69) is 20.8 Å². The molecule has 0 amide bonds. The molecule has 4 aliphatic carbocycles. The third-order valence-corrected chi connectivity index (χ3v) is 8.23. The fourth-order valence-corrected chi connectivity index (χ4v) is 7.07. The molecular formula is C20H30O2. The van der Waals surface area contributed by atoms with E-state index in [1.54, 1.807) is 0 Å². The lowest BCUT2D eigenvalue weighted by molar-refractivity contribution is -0.118. The molecule has 0 radical (unpaired) electrons. The molecule has 0 aromatic heterocycles. The number of allylic oxidation sites excluding steroid dienone is 1. The van der Waals surface area contributed by atoms with Gasteiger partial charge in [0.2, 0.25) is 0 Å². The number of fused-ring (bicyclic) bond motifs is 5. The molecule has 4 rings (SSSR count). The molecule has 22 heavy (non-hydrogen) atoms. The van der Waals surface area contributed by atoms with Crippen LogP contribution in [0.4, 0.5) is 0 Å². The molecule has 0 saturated heterocycles. The molecule has 0 aromatic carbocycles. The molecule has 7 unspecified atom stereocenters. The SMILES string of the molecule is CC1CC(O)C2(C)CCC3C(CCC4=CC(=O)CCC43C)C12. The van der Waals surface area contributed by atoms with Crippen LogP contribution in [0.3, 0.4) is 0 Å². The van der Waals surface area contributed by atoms with Gasteiger partial charge in [-0.2, -0.15) is 0 Å². The summed E-state index contributed by atoms with van der Waals surface area (Å²) in [5.74, 6) is 3.15. The van der Waals surface area contributed by atoms with Crippen molar-refractivity contribution < 1.29 is 9.90 Å². The third-order valence-electron chi connectivity index (χ3n) is 8.23. The van der Waals surface area contributed by atoms with Gasteiger partial charge in [0.25, 0.3) is 0 Å². The van der Waals surface area contributed by atoms with Gasteiger partial charge in [0.15, 0.2) is 5.78 Å². The lowest BCUT2D eigenvalue weighted by Crippen LogP contribution is -2.52. The van der Waals surface area contributed by atoms with Crippen LogP contribution >= 0.6 is 0 Å². The third kappa shape index (κ3) is 1.79. The molecule has 0 heterocycles. The highest BCUT2D eigenvalue weighted by atomic mass is 16.3. The Balaban J connectivity index is 1.71. The van der Waals surface area contributed by atoms with Gasteiger partial charge in [-0.3, -0.25) is 4.79 Å². The van der Waals surface area contributed by atoms with Crippen molar-refractivity contribution in [2.75, 3.05) is 0 Å². The average molecular weight is 302 g/mol. The highest BCUT2D eigenvalue weighted by Gasteiger charge is 2.60. The molecule has 0 aromatic rings. The zero-order valence-corrected chi connectivity index (χ0v) is 14.3. The van der Waals surface area contributed by atoms with Crippen molar-refractivity contribution in [1.82, 2.24) is 0 Å². The van der Waals surface area contributed by atoms with Gasteiger partial charge in [-0.15, -0.1) is 0 Å². The Labute approximate surface area is 134 Å². The second kappa shape index (κ2) is 4.69. The number of ketones is 1. The number of hydrogen-bond acceptors (Lipinski definition) is 2. The average Bonchev–Trinajstić information content (AvgIpc) is 2.70. The molecule has 122 valence electrons. The van der Waals surface area contributed by atoms with Crippen molar-refractivity contribution in [3.63, 3.8) is 0 Å². The number of carbonyl (C=O) groups is 1. The molecule has 3 saturated carbocycles. The Morgan fingerprint density at radius 2 is 1.95 bits per heavy atom. The van der Waals surface area contributed by atoms with Gasteiger partial charge in [-0.05, 0) is 79.1 Å². The van der Waals surface area contributed by atoms with Crippen molar-refractivity contribution in [2.24, 2.45) is 34.5 Å². The molecule has 2 heteroatoms. The zero-order valence-electron chi connectivity index (χ0n) is 14.3. The predicted octanol–water partition coefficient (Wildman–Crippen LogP) is 4.13. The van der Waals surface area contributed by atoms with Crippen LogP contribution in [0.5, 0.6) is 0 Å². The van der Waals surface area contributed by atoms with Gasteiger partial charge in [0.1, 0.15) is 0 Å². The van der Waals surface area contributed by atoms with Gasteiger partial charge in [0, 0.05) is 6.42 Å². The largest absolute Gasteiger partial charge is 0.393 e. The van der Waals surface area contributed by atoms with Crippen LogP contribution in [-0.4, -0.2) is 17.0 Å². The first-order chi connectivity index (χ1) is 10.4. The second-order valence-corrected chi connectivity index (χ2v) is 9.16. The smallest absolute Gasteiger partial charge is 0.155 e. The topological polar surface area (TPSA) is 37.3 Å². The number of aliphatic hydroxyl groups excluding tert-OH is 1. The summed E-state index contributed by atoms with van der Waals surface area (Å²) in [4.78, 5) is 11.8. The first-order valence-electron chi connectivity index (χ1n) is 9.28. The van der Waals surface area contributed by atoms with Crippen molar-refractivity contribution in [3.05, 3.63) is 11.6 Å². The Morgan fingerprint density at radius 1 is 1.18 bits per heavy atom. The maximum Gasteiger partial charge on any atom is 0.155 e. The van der Waals surface area contributed by atoms with Crippen LogP contribution in [-0.2, 0) is 4.79 Å². The summed E-state index contributed by atoms with van der Waals surface area (Å²) in [5.41, 5.74) is 1.84. The van der Waals surface area contributed by atoms with Gasteiger partial charge in [-0.25, -0.2) is 0 Å². The van der Waals surface area contributed by atoms with Gasteiger partial charge in [0.05, 0.1) is 6.10 Å². The summed E-state index contributed by atoms with van der Waals surface area (Å²) in [7, 11) is 0. The summed E-state index contributed by atoms with van der Waals surface area (Å²) < 4.78 is 0. The molecule has 1 N–H and O–H groups in total. The molecule has 0 aliphatic heterocycles. The standard InChI is InChI=1S/C20H30O2/c1-12-10-17(22)20(3)9-7-16-15(18(12)20)5-4-13-11-14(21)6-8-19(13,16)2/h11-12,15-18,22H,4-10H2,1-3H3. The summed E-state index contributed by atoms with van der Waals surface area (Å²) in [6, 6.07) is 0. The van der Waals surface area contributed by atoms with E-state index in [0.717, 1.165) is 37.5 Å². The Kier molecular flexibility index (Phi) is 3.18. The number of hydrogen-bond donors (Lipinski definition) is 1. The van der Waals surface area contributed by atoms with Crippen LogP contribution < -0.4 is 0 Å². The van der Waals surface area contributed by atoms with E-state index in [0.29, 0.717) is 17.6 Å². The first-order valence-corrected chi connectivity index (χ1v) is 9.28. The van der Waals surface area contributed by atoms with Crippen LogP contribution in [0.2, 0.25) is 0 Å². The highest BCUT2D eigenvalue weighted by molar-refractivity contribution is 5.91. The molecule has 4 aliphatic rings. The first kappa shape index (κ1) is 14.9. The van der Waals surface area contributed by atoms with Gasteiger partial charge >= 0.3 is 0 Å². The number of rotatable bonds is 0. The Bertz CT molecular complexity index is 536. The fourth-order valence-electron chi connectivity index (χ4n) is 7.07. The zero-order chi connectivity index (χ0) is 15.7. The number of aliphatic hydroxyl groups is 1. The summed E-state index contributed by atoms with van der Waals surface area (Å²) in [5, 5.41) is 10.6. The van der Waals surface area contributed by atoms with E-state index in [9.17, 15) is 9.90 Å². The molecule has 3 fully saturated rings. The minimum atomic E-state index is -0.105. The molecule has 0 spiro atoms. The van der Waals surface area contributed by atoms with Gasteiger partial charge in [-0.1, -0.05) is 26.3 Å². The maximum atomic E-state index is 11.8. The second-order valence-electron chi connectivity index (χ2n) is 9.16. The van der Waals surface area contributed by atoms with Crippen molar-refractivity contribution >= 4 is 5.78 Å². The maximum absolute atomic E-state index is 11.8. The highest BCUT2D eigenvalue weighted by Crippen LogP contribution is 2.66. The van der Waals surface area contributed by atoms with Crippen LogP contribution in [0.25, 0.3) is 0 Å². The Morgan fingerprint density at radius 3 is 2.73 bits per heavy atom. The summed E-state index contributed by atoms with van der Waals surface area (Å²) in [6.45, 7) is 7.14. The van der Waals surface area contributed by atoms with E-state index >= 15 is 0 Å². The van der Waals surface area contributed by atoms with Crippen LogP contribution in [0.1, 0.15) is 65.7 Å². The minimum absolute atomic E-state index is 0.105. The van der Waals surface area contributed by atoms with E-state index in [1.807, 2.05) is 6.08 Å². The quantitative estimate of drug-likeness (QED) is 0.730.